The number of rotatable bonds is 6. The van der Waals surface area contributed by atoms with E-state index in [-0.39, 0.29) is 18.3 Å². The Kier molecular flexibility index (Phi) is 4.41. The van der Waals surface area contributed by atoms with Gasteiger partial charge < -0.3 is 15.2 Å². The SMILES string of the molecule is CC1(C(=O)O)CC(NCc2ccc(OC(F)F)cc2F)C1. The number of benzene rings is 1. The molecule has 1 saturated carbocycles. The molecule has 21 heavy (non-hydrogen) atoms. The van der Waals surface area contributed by atoms with Crippen molar-refractivity contribution in [1.29, 1.82) is 0 Å². The van der Waals surface area contributed by atoms with Crippen LogP contribution in [0.4, 0.5) is 13.2 Å². The van der Waals surface area contributed by atoms with Crippen LogP contribution in [0.1, 0.15) is 25.3 Å². The van der Waals surface area contributed by atoms with Crippen molar-refractivity contribution in [2.45, 2.75) is 39.0 Å². The maximum atomic E-state index is 13.7. The molecular weight excluding hydrogens is 287 g/mol. The zero-order valence-electron chi connectivity index (χ0n) is 11.4. The molecular formula is C14H16F3NO3. The standard InChI is InChI=1S/C14H16F3NO3/c1-14(12(19)20)5-9(6-14)18-7-8-2-3-10(4-11(8)15)21-13(16)17/h2-4,9,13,18H,5-7H2,1H3,(H,19,20). The van der Waals surface area contributed by atoms with Gasteiger partial charge in [0.05, 0.1) is 5.41 Å². The van der Waals surface area contributed by atoms with Crippen molar-refractivity contribution in [3.63, 3.8) is 0 Å². The highest BCUT2D eigenvalue weighted by Gasteiger charge is 2.46. The van der Waals surface area contributed by atoms with E-state index in [0.717, 1.165) is 6.07 Å². The zero-order valence-corrected chi connectivity index (χ0v) is 11.4. The Bertz CT molecular complexity index is 530. The molecule has 2 N–H and O–H groups in total. The zero-order chi connectivity index (χ0) is 15.6. The van der Waals surface area contributed by atoms with E-state index in [4.69, 9.17) is 5.11 Å². The second kappa shape index (κ2) is 5.93. The minimum Gasteiger partial charge on any atom is -0.481 e. The van der Waals surface area contributed by atoms with Crippen molar-refractivity contribution in [1.82, 2.24) is 5.32 Å². The van der Waals surface area contributed by atoms with E-state index >= 15 is 0 Å². The lowest BCUT2D eigenvalue weighted by atomic mass is 9.67. The molecule has 0 spiro atoms. The number of aliphatic carboxylic acids is 1. The third-order valence-electron chi connectivity index (χ3n) is 3.74. The highest BCUT2D eigenvalue weighted by atomic mass is 19.3. The molecule has 7 heteroatoms. The van der Waals surface area contributed by atoms with Gasteiger partial charge in [0.1, 0.15) is 11.6 Å². The number of carboxylic acid groups (broad SMARTS) is 1. The molecule has 0 radical (unpaired) electrons. The molecule has 0 heterocycles. The highest BCUT2D eigenvalue weighted by molar-refractivity contribution is 5.75. The predicted octanol–water partition coefficient (Wildman–Crippen LogP) is 2.77. The van der Waals surface area contributed by atoms with Crippen LogP contribution in [0.3, 0.4) is 0 Å². The molecule has 116 valence electrons. The molecule has 1 aliphatic carbocycles. The van der Waals surface area contributed by atoms with Crippen molar-refractivity contribution < 1.29 is 27.8 Å². The first-order valence-corrected chi connectivity index (χ1v) is 6.50. The molecule has 0 unspecified atom stereocenters. The van der Waals surface area contributed by atoms with Crippen LogP contribution >= 0.6 is 0 Å². The van der Waals surface area contributed by atoms with Crippen molar-refractivity contribution in [2.75, 3.05) is 0 Å². The largest absolute Gasteiger partial charge is 0.481 e. The van der Waals surface area contributed by atoms with Gasteiger partial charge in [-0.3, -0.25) is 4.79 Å². The van der Waals surface area contributed by atoms with E-state index in [1.807, 2.05) is 0 Å². The molecule has 0 aromatic heterocycles. The number of hydrogen-bond donors (Lipinski definition) is 2. The molecule has 1 aromatic carbocycles. The second-order valence-electron chi connectivity index (χ2n) is 5.48. The van der Waals surface area contributed by atoms with Crippen LogP contribution in [0.15, 0.2) is 18.2 Å². The third kappa shape index (κ3) is 3.66. The summed E-state index contributed by atoms with van der Waals surface area (Å²) in [5.74, 6) is -1.70. The summed E-state index contributed by atoms with van der Waals surface area (Å²) >= 11 is 0. The maximum absolute atomic E-state index is 13.7. The minimum absolute atomic E-state index is 0.0162. The number of carboxylic acids is 1. The fourth-order valence-electron chi connectivity index (χ4n) is 2.45. The highest BCUT2D eigenvalue weighted by Crippen LogP contribution is 2.40. The Morgan fingerprint density at radius 3 is 2.71 bits per heavy atom. The fourth-order valence-corrected chi connectivity index (χ4v) is 2.45. The monoisotopic (exact) mass is 303 g/mol. The molecule has 1 aromatic rings. The number of alkyl halides is 2. The van der Waals surface area contributed by atoms with E-state index in [2.05, 4.69) is 10.1 Å². The van der Waals surface area contributed by atoms with Gasteiger partial charge in [-0.25, -0.2) is 4.39 Å². The molecule has 0 atom stereocenters. The Morgan fingerprint density at radius 2 is 2.19 bits per heavy atom. The predicted molar refractivity (Wildman–Crippen MR) is 68.6 cm³/mol. The number of ether oxygens (including phenoxy) is 1. The van der Waals surface area contributed by atoms with E-state index < -0.39 is 23.8 Å². The van der Waals surface area contributed by atoms with Gasteiger partial charge in [-0.05, 0) is 25.8 Å². The van der Waals surface area contributed by atoms with E-state index in [1.165, 1.54) is 12.1 Å². The van der Waals surface area contributed by atoms with Gasteiger partial charge >= 0.3 is 12.6 Å². The molecule has 0 saturated heterocycles. The first kappa shape index (κ1) is 15.6. The van der Waals surface area contributed by atoms with Gasteiger partial charge in [0.15, 0.2) is 0 Å². The van der Waals surface area contributed by atoms with Gasteiger partial charge in [0.2, 0.25) is 0 Å². The fraction of sp³-hybridized carbons (Fsp3) is 0.500. The van der Waals surface area contributed by atoms with E-state index in [1.54, 1.807) is 6.92 Å². The van der Waals surface area contributed by atoms with Gasteiger partial charge in [0.25, 0.3) is 0 Å². The molecule has 0 aliphatic heterocycles. The summed E-state index contributed by atoms with van der Waals surface area (Å²) in [6, 6.07) is 3.57. The van der Waals surface area contributed by atoms with Gasteiger partial charge in [-0.2, -0.15) is 8.78 Å². The van der Waals surface area contributed by atoms with Crippen LogP contribution < -0.4 is 10.1 Å². The average Bonchev–Trinajstić information content (AvgIpc) is 2.33. The van der Waals surface area contributed by atoms with Crippen LogP contribution in [-0.4, -0.2) is 23.7 Å². The lowest BCUT2D eigenvalue weighted by molar-refractivity contribution is -0.154. The van der Waals surface area contributed by atoms with Crippen LogP contribution in [-0.2, 0) is 11.3 Å². The third-order valence-corrected chi connectivity index (χ3v) is 3.74. The minimum atomic E-state index is -2.99. The smallest absolute Gasteiger partial charge is 0.387 e. The summed E-state index contributed by atoms with van der Waals surface area (Å²) in [6.07, 6.45) is 0.965. The summed E-state index contributed by atoms with van der Waals surface area (Å²) in [5, 5.41) is 12.0. The number of carbonyl (C=O) groups is 1. The number of nitrogens with one attached hydrogen (secondary N) is 1. The Morgan fingerprint density at radius 1 is 1.52 bits per heavy atom. The molecule has 1 aliphatic rings. The van der Waals surface area contributed by atoms with Crippen LogP contribution in [0.25, 0.3) is 0 Å². The van der Waals surface area contributed by atoms with Crippen LogP contribution in [0.2, 0.25) is 0 Å². The average molecular weight is 303 g/mol. The first-order valence-electron chi connectivity index (χ1n) is 6.50. The first-order chi connectivity index (χ1) is 9.80. The lowest BCUT2D eigenvalue weighted by Gasteiger charge is -2.42. The van der Waals surface area contributed by atoms with E-state index in [9.17, 15) is 18.0 Å². The lowest BCUT2D eigenvalue weighted by Crippen LogP contribution is -2.51. The Hall–Kier alpha value is -1.76. The normalized spacial score (nSPS) is 24.7. The topological polar surface area (TPSA) is 58.6 Å². The summed E-state index contributed by atoms with van der Waals surface area (Å²) in [6.45, 7) is -1.11. The number of hydrogen-bond acceptors (Lipinski definition) is 3. The van der Waals surface area contributed by atoms with Gasteiger partial charge in [-0.1, -0.05) is 6.07 Å². The van der Waals surface area contributed by atoms with Crippen LogP contribution in [0.5, 0.6) is 5.75 Å². The van der Waals surface area contributed by atoms with E-state index in [0.29, 0.717) is 18.4 Å². The summed E-state index contributed by atoms with van der Waals surface area (Å²) < 4.78 is 41.8. The van der Waals surface area contributed by atoms with Crippen molar-refractivity contribution in [3.05, 3.63) is 29.6 Å². The second-order valence-corrected chi connectivity index (χ2v) is 5.48. The van der Waals surface area contributed by atoms with Crippen molar-refractivity contribution >= 4 is 5.97 Å². The van der Waals surface area contributed by atoms with Gasteiger partial charge in [-0.15, -0.1) is 0 Å². The Labute approximate surface area is 119 Å². The van der Waals surface area contributed by atoms with Crippen LogP contribution in [0, 0.1) is 11.2 Å². The molecule has 1 fully saturated rings. The van der Waals surface area contributed by atoms with Crippen molar-refractivity contribution in [2.24, 2.45) is 5.41 Å². The molecule has 0 bridgehead atoms. The molecule has 0 amide bonds. The summed E-state index contributed by atoms with van der Waals surface area (Å²) in [7, 11) is 0. The molecule has 4 nitrogen and oxygen atoms in total. The van der Waals surface area contributed by atoms with Crippen molar-refractivity contribution in [3.8, 4) is 5.75 Å². The Balaban J connectivity index is 1.86. The maximum Gasteiger partial charge on any atom is 0.387 e. The summed E-state index contributed by atoms with van der Waals surface area (Å²) in [4.78, 5) is 10.9. The van der Waals surface area contributed by atoms with Gasteiger partial charge in [0, 0.05) is 24.2 Å². The summed E-state index contributed by atoms with van der Waals surface area (Å²) in [5.41, 5.74) is -0.397. The quantitative estimate of drug-likeness (QED) is 0.848. The number of halogens is 3. The molecule has 2 rings (SSSR count).